The molecule has 118 valence electrons. The van der Waals surface area contributed by atoms with Crippen molar-refractivity contribution in [2.24, 2.45) is 0 Å². The van der Waals surface area contributed by atoms with Gasteiger partial charge in [-0.3, -0.25) is 0 Å². The van der Waals surface area contributed by atoms with Crippen LogP contribution in [0, 0.1) is 12.7 Å². The van der Waals surface area contributed by atoms with Crippen LogP contribution in [0.15, 0.2) is 18.2 Å². The van der Waals surface area contributed by atoms with Crippen LogP contribution in [0.25, 0.3) is 0 Å². The Balaban J connectivity index is 2.59. The molecule has 21 heavy (non-hydrogen) atoms. The van der Waals surface area contributed by atoms with Gasteiger partial charge in [0, 0.05) is 6.54 Å². The summed E-state index contributed by atoms with van der Waals surface area (Å²) in [5, 5.41) is 22.3. The Morgan fingerprint density at radius 1 is 1.38 bits per heavy atom. The number of ether oxygens (including phenoxy) is 1. The van der Waals surface area contributed by atoms with Crippen molar-refractivity contribution in [1.82, 2.24) is 5.32 Å². The molecule has 5 nitrogen and oxygen atoms in total. The van der Waals surface area contributed by atoms with Crippen molar-refractivity contribution in [1.29, 1.82) is 0 Å². The quantitative estimate of drug-likeness (QED) is 0.795. The first-order chi connectivity index (χ1) is 9.60. The van der Waals surface area contributed by atoms with Gasteiger partial charge in [-0.25, -0.2) is 9.18 Å². The molecule has 1 aromatic carbocycles. The Hall–Kier alpha value is -1.66. The van der Waals surface area contributed by atoms with E-state index < -0.39 is 29.7 Å². The van der Waals surface area contributed by atoms with Crippen LogP contribution >= 0.6 is 0 Å². The second-order valence-corrected chi connectivity index (χ2v) is 5.90. The number of aliphatic hydroxyl groups is 2. The summed E-state index contributed by atoms with van der Waals surface area (Å²) in [5.74, 6) is -0.412. The lowest BCUT2D eigenvalue weighted by molar-refractivity contribution is 0.0126. The lowest BCUT2D eigenvalue weighted by Gasteiger charge is -2.23. The molecule has 1 rings (SSSR count). The van der Waals surface area contributed by atoms with Gasteiger partial charge < -0.3 is 20.3 Å². The average Bonchev–Trinajstić information content (AvgIpc) is 2.33. The minimum Gasteiger partial charge on any atom is -0.444 e. The highest BCUT2D eigenvalue weighted by atomic mass is 19.1. The van der Waals surface area contributed by atoms with E-state index in [0.717, 1.165) is 0 Å². The van der Waals surface area contributed by atoms with Crippen LogP contribution in [0.1, 0.15) is 38.0 Å². The second kappa shape index (κ2) is 6.87. The monoisotopic (exact) mass is 299 g/mol. The molecule has 0 bridgehead atoms. The molecular weight excluding hydrogens is 277 g/mol. The van der Waals surface area contributed by atoms with Crippen molar-refractivity contribution in [2.75, 3.05) is 6.54 Å². The third-order valence-electron chi connectivity index (χ3n) is 2.77. The Kier molecular flexibility index (Phi) is 5.69. The summed E-state index contributed by atoms with van der Waals surface area (Å²) in [6.07, 6.45) is -3.12. The zero-order chi connectivity index (χ0) is 16.2. The number of hydrogen-bond acceptors (Lipinski definition) is 4. The molecule has 0 aliphatic rings. The molecule has 0 heterocycles. The smallest absolute Gasteiger partial charge is 0.407 e. The number of halogens is 1. The maximum atomic E-state index is 13.0. The van der Waals surface area contributed by atoms with Crippen LogP contribution in [-0.2, 0) is 4.74 Å². The maximum absolute atomic E-state index is 13.0. The Labute approximate surface area is 123 Å². The minimum atomic E-state index is -1.22. The summed E-state index contributed by atoms with van der Waals surface area (Å²) >= 11 is 0. The normalized spacial score (nSPS) is 14.4. The van der Waals surface area contributed by atoms with Gasteiger partial charge in [0.05, 0.1) is 0 Å². The fourth-order valence-corrected chi connectivity index (χ4v) is 1.79. The van der Waals surface area contributed by atoms with E-state index in [-0.39, 0.29) is 6.54 Å². The highest BCUT2D eigenvalue weighted by molar-refractivity contribution is 5.67. The largest absolute Gasteiger partial charge is 0.444 e. The van der Waals surface area contributed by atoms with Gasteiger partial charge in [-0.15, -0.1) is 0 Å². The molecular formula is C15H22FNO4. The van der Waals surface area contributed by atoms with Crippen LogP contribution in [-0.4, -0.2) is 34.6 Å². The van der Waals surface area contributed by atoms with E-state index >= 15 is 0 Å². The molecule has 0 saturated carbocycles. The number of hydrogen-bond donors (Lipinski definition) is 3. The van der Waals surface area contributed by atoms with E-state index in [4.69, 9.17) is 4.74 Å². The summed E-state index contributed by atoms with van der Waals surface area (Å²) in [6.45, 7) is 6.63. The highest BCUT2D eigenvalue weighted by Crippen LogP contribution is 2.21. The Bertz CT molecular complexity index is 499. The van der Waals surface area contributed by atoms with Crippen molar-refractivity contribution in [2.45, 2.75) is 45.5 Å². The van der Waals surface area contributed by atoms with Gasteiger partial charge in [0.25, 0.3) is 0 Å². The number of carbonyl (C=O) groups excluding carboxylic acids is 1. The van der Waals surface area contributed by atoms with Gasteiger partial charge >= 0.3 is 6.09 Å². The molecule has 0 aliphatic heterocycles. The Morgan fingerprint density at radius 3 is 2.52 bits per heavy atom. The maximum Gasteiger partial charge on any atom is 0.407 e. The molecule has 1 aromatic rings. The summed E-state index contributed by atoms with van der Waals surface area (Å²) in [4.78, 5) is 11.5. The molecule has 2 atom stereocenters. The zero-order valence-electron chi connectivity index (χ0n) is 12.7. The molecule has 0 radical (unpaired) electrons. The van der Waals surface area contributed by atoms with Crippen LogP contribution < -0.4 is 5.32 Å². The molecule has 6 heteroatoms. The van der Waals surface area contributed by atoms with Gasteiger partial charge in [0.15, 0.2) is 0 Å². The number of nitrogens with one attached hydrogen (secondary N) is 1. The predicted octanol–water partition coefficient (Wildman–Crippen LogP) is 2.05. The third-order valence-corrected chi connectivity index (χ3v) is 2.77. The van der Waals surface area contributed by atoms with E-state index in [0.29, 0.717) is 11.1 Å². The van der Waals surface area contributed by atoms with E-state index in [1.54, 1.807) is 27.7 Å². The fraction of sp³-hybridized carbons (Fsp3) is 0.533. The predicted molar refractivity (Wildman–Crippen MR) is 76.3 cm³/mol. The standard InChI is InChI=1S/C15H22FNO4/c1-9-7-10(16)5-6-11(9)13(19)12(18)8-17-14(20)21-15(2,3)4/h5-7,12-13,18-19H,8H2,1-4H3,(H,17,20). The summed E-state index contributed by atoms with van der Waals surface area (Å²) in [5.41, 5.74) is 0.301. The van der Waals surface area contributed by atoms with Crippen molar-refractivity contribution < 1.29 is 24.1 Å². The lowest BCUT2D eigenvalue weighted by Crippen LogP contribution is -2.39. The van der Waals surface area contributed by atoms with Gasteiger partial charge in [-0.1, -0.05) is 6.07 Å². The van der Waals surface area contributed by atoms with Crippen LogP contribution in [0.4, 0.5) is 9.18 Å². The van der Waals surface area contributed by atoms with Crippen LogP contribution in [0.3, 0.4) is 0 Å². The number of aryl methyl sites for hydroxylation is 1. The first-order valence-corrected chi connectivity index (χ1v) is 6.69. The topological polar surface area (TPSA) is 78.8 Å². The van der Waals surface area contributed by atoms with Crippen molar-refractivity contribution in [3.8, 4) is 0 Å². The number of aliphatic hydroxyl groups excluding tert-OH is 2. The first-order valence-electron chi connectivity index (χ1n) is 6.69. The van der Waals surface area contributed by atoms with E-state index in [9.17, 15) is 19.4 Å². The number of alkyl carbamates (subject to hydrolysis) is 1. The van der Waals surface area contributed by atoms with Gasteiger partial charge in [-0.2, -0.15) is 0 Å². The molecule has 0 fully saturated rings. The van der Waals surface area contributed by atoms with Crippen molar-refractivity contribution >= 4 is 6.09 Å². The van der Waals surface area contributed by atoms with Crippen molar-refractivity contribution in [3.05, 3.63) is 35.1 Å². The van der Waals surface area contributed by atoms with E-state index in [2.05, 4.69) is 5.32 Å². The minimum absolute atomic E-state index is 0.174. The molecule has 0 aliphatic carbocycles. The number of rotatable bonds is 4. The summed E-state index contributed by atoms with van der Waals surface area (Å²) in [6, 6.07) is 3.89. The van der Waals surface area contributed by atoms with Gasteiger partial charge in [0.1, 0.15) is 23.6 Å². The van der Waals surface area contributed by atoms with E-state index in [1.807, 2.05) is 0 Å². The van der Waals surface area contributed by atoms with E-state index in [1.165, 1.54) is 18.2 Å². The third kappa shape index (κ3) is 5.69. The summed E-state index contributed by atoms with van der Waals surface area (Å²) < 4.78 is 18.0. The number of carbonyl (C=O) groups is 1. The lowest BCUT2D eigenvalue weighted by atomic mass is 9.99. The Morgan fingerprint density at radius 2 is 2.00 bits per heavy atom. The summed E-state index contributed by atoms with van der Waals surface area (Å²) in [7, 11) is 0. The molecule has 2 unspecified atom stereocenters. The zero-order valence-corrected chi connectivity index (χ0v) is 12.7. The molecule has 3 N–H and O–H groups in total. The fourth-order valence-electron chi connectivity index (χ4n) is 1.79. The number of amides is 1. The first kappa shape index (κ1) is 17.4. The average molecular weight is 299 g/mol. The second-order valence-electron chi connectivity index (χ2n) is 5.90. The molecule has 0 saturated heterocycles. The molecule has 1 amide bonds. The van der Waals surface area contributed by atoms with Gasteiger partial charge in [-0.05, 0) is 51.0 Å². The van der Waals surface area contributed by atoms with Crippen molar-refractivity contribution in [3.63, 3.8) is 0 Å². The van der Waals surface area contributed by atoms with Crippen LogP contribution in [0.5, 0.6) is 0 Å². The highest BCUT2D eigenvalue weighted by Gasteiger charge is 2.22. The molecule has 0 spiro atoms. The van der Waals surface area contributed by atoms with Gasteiger partial charge in [0.2, 0.25) is 0 Å². The number of benzene rings is 1. The van der Waals surface area contributed by atoms with Crippen LogP contribution in [0.2, 0.25) is 0 Å². The SMILES string of the molecule is Cc1cc(F)ccc1C(O)C(O)CNC(=O)OC(C)(C)C. The molecule has 0 aromatic heterocycles.